The quantitative estimate of drug-likeness (QED) is 0.0681. The fraction of sp³-hybridized carbons (Fsp3) is 0. The van der Waals surface area contributed by atoms with Gasteiger partial charge in [-0.05, 0) is 0 Å². The van der Waals surface area contributed by atoms with Gasteiger partial charge in [0.1, 0.15) is 0 Å². The van der Waals surface area contributed by atoms with E-state index in [0.29, 0.717) is 15.4 Å². The Morgan fingerprint density at radius 1 is 0.500 bits per heavy atom. The third-order valence-corrected chi connectivity index (χ3v) is 0.763. The van der Waals surface area contributed by atoms with Crippen LogP contribution < -0.4 is 52.3 Å². The molecule has 0 rings (SSSR count). The number of rotatable bonds is 0. The van der Waals surface area contributed by atoms with Crippen LogP contribution in [0.15, 0.2) is 0 Å². The molecule has 0 fully saturated rings. The first-order valence-electron chi connectivity index (χ1n) is 5.26. The number of nitrogens with two attached hydrogens (primary N) is 9. The van der Waals surface area contributed by atoms with Crippen molar-refractivity contribution in [2.45, 2.75) is 0 Å². The smallest absolute Gasteiger partial charge is 0.349 e. The van der Waals surface area contributed by atoms with Gasteiger partial charge in [-0.15, -0.1) is 0 Å². The Labute approximate surface area is 155 Å². The third-order valence-electron chi connectivity index (χ3n) is 0.763. The summed E-state index contributed by atoms with van der Waals surface area (Å²) in [6.45, 7) is 0. The lowest BCUT2D eigenvalue weighted by Crippen LogP contribution is -2.46. The van der Waals surface area contributed by atoms with Crippen LogP contribution in [-0.4, -0.2) is 62.8 Å². The summed E-state index contributed by atoms with van der Waals surface area (Å²) in [5.41, 5.74) is 13.4. The van der Waals surface area contributed by atoms with Crippen LogP contribution in [-0.2, 0) is 9.13 Å². The lowest BCUT2D eigenvalue weighted by Gasteiger charge is -2.00. The van der Waals surface area contributed by atoms with Gasteiger partial charge in [-0.1, -0.05) is 0 Å². The molecule has 0 bridgehead atoms. The molecular formula is C3H24N12O11P2. The number of amides is 6. The molecule has 25 heteroatoms. The van der Waals surface area contributed by atoms with Crippen LogP contribution in [0.3, 0.4) is 0 Å². The Hall–Kier alpha value is -2.21. The molecule has 0 aliphatic heterocycles. The highest BCUT2D eigenvalue weighted by molar-refractivity contribution is 7.45. The van der Waals surface area contributed by atoms with Gasteiger partial charge in [-0.3, -0.25) is 0 Å². The molecule has 0 unspecified atom stereocenters. The normalized spacial score (nSPS) is 9.14. The number of hydrazine groups is 6. The molecule has 0 aliphatic carbocycles. The standard InChI is InChI=1S/3CH6N4O.2H3O4P/c3*2-1(6)5(3)4;2*1-5(2,3)4/h3*3-4H2,(H2,2,6);2*(H3,1,2,3,4). The monoisotopic (exact) mass is 466 g/mol. The molecule has 0 saturated carbocycles. The van der Waals surface area contributed by atoms with E-state index in [2.05, 4.69) is 52.3 Å². The van der Waals surface area contributed by atoms with Gasteiger partial charge in [0.2, 0.25) is 0 Å². The van der Waals surface area contributed by atoms with Crippen LogP contribution in [0.4, 0.5) is 14.4 Å². The van der Waals surface area contributed by atoms with E-state index in [1.165, 1.54) is 0 Å². The van der Waals surface area contributed by atoms with Gasteiger partial charge in [0.15, 0.2) is 0 Å². The van der Waals surface area contributed by atoms with Crippen molar-refractivity contribution in [3.8, 4) is 0 Å². The Bertz CT molecular complexity index is 448. The second-order valence-corrected chi connectivity index (χ2v) is 5.32. The van der Waals surface area contributed by atoms with Crippen LogP contribution in [0.2, 0.25) is 0 Å². The van der Waals surface area contributed by atoms with Crippen molar-refractivity contribution in [3.63, 3.8) is 0 Å². The van der Waals surface area contributed by atoms with Crippen molar-refractivity contribution in [1.29, 1.82) is 0 Å². The minimum Gasteiger partial charge on any atom is -0.349 e. The van der Waals surface area contributed by atoms with E-state index in [-0.39, 0.29) is 0 Å². The zero-order valence-electron chi connectivity index (χ0n) is 13.7. The SMILES string of the molecule is NC(=O)N(N)N.NC(=O)N(N)N.NC(=O)N(N)N.O=P(O)(O)O.O=P(O)(O)O. The number of nitrogens with zero attached hydrogens (tertiary/aromatic N) is 3. The van der Waals surface area contributed by atoms with Crippen molar-refractivity contribution in [2.75, 3.05) is 0 Å². The Kier molecular flexibility index (Phi) is 23.8. The molecule has 0 heterocycles. The summed E-state index contributed by atoms with van der Waals surface area (Å²) in [6, 6.07) is -2.56. The van der Waals surface area contributed by atoms with Crippen molar-refractivity contribution in [3.05, 3.63) is 0 Å². The Morgan fingerprint density at radius 2 is 0.536 bits per heavy atom. The van der Waals surface area contributed by atoms with Crippen LogP contribution >= 0.6 is 15.6 Å². The van der Waals surface area contributed by atoms with E-state index in [1.54, 1.807) is 0 Å². The minimum absolute atomic E-state index is 0.306. The first kappa shape index (κ1) is 36.7. The zero-order valence-corrected chi connectivity index (χ0v) is 15.4. The summed E-state index contributed by atoms with van der Waals surface area (Å²) in [5, 5.41) is 0.917. The summed E-state index contributed by atoms with van der Waals surface area (Å²) in [7, 11) is -9.28. The molecule has 0 atom stereocenters. The third kappa shape index (κ3) is 129. The van der Waals surface area contributed by atoms with Gasteiger partial charge < -0.3 is 46.6 Å². The van der Waals surface area contributed by atoms with Crippen molar-refractivity contribution < 1.29 is 52.9 Å². The number of carbonyl (C=O) groups excluding carboxylic acids is 3. The highest BCUT2D eigenvalue weighted by atomic mass is 31.2. The molecule has 0 aromatic heterocycles. The van der Waals surface area contributed by atoms with Crippen molar-refractivity contribution in [2.24, 2.45) is 52.3 Å². The zero-order chi connectivity index (χ0) is 24.5. The van der Waals surface area contributed by atoms with E-state index in [1.807, 2.05) is 0 Å². The van der Waals surface area contributed by atoms with Gasteiger partial charge in [0.05, 0.1) is 0 Å². The van der Waals surface area contributed by atoms with Gasteiger partial charge in [0.25, 0.3) is 0 Å². The average molecular weight is 466 g/mol. The summed E-state index contributed by atoms with van der Waals surface area (Å²) in [6.07, 6.45) is 0. The van der Waals surface area contributed by atoms with Crippen molar-refractivity contribution >= 4 is 33.7 Å². The number of urea groups is 3. The van der Waals surface area contributed by atoms with Crippen molar-refractivity contribution in [1.82, 2.24) is 15.4 Å². The second-order valence-electron chi connectivity index (χ2n) is 3.26. The predicted octanol–water partition coefficient (Wildman–Crippen LogP) is -7.51. The highest BCUT2D eigenvalue weighted by Crippen LogP contribution is 2.26. The first-order chi connectivity index (χ1) is 11.9. The molecule has 24 N–H and O–H groups in total. The number of hydrogen-bond acceptors (Lipinski definition) is 11. The van der Waals surface area contributed by atoms with Gasteiger partial charge in [-0.2, -0.15) is 15.4 Å². The molecule has 172 valence electrons. The Balaban J connectivity index is -0.0000000789. The van der Waals surface area contributed by atoms with Crippen LogP contribution in [0.25, 0.3) is 0 Å². The lowest BCUT2D eigenvalue weighted by atomic mass is 11.1. The highest BCUT2D eigenvalue weighted by Gasteiger charge is 2.00. The molecule has 0 spiro atoms. The van der Waals surface area contributed by atoms with Gasteiger partial charge >= 0.3 is 33.7 Å². The number of primary amides is 3. The average Bonchev–Trinajstić information content (AvgIpc) is 2.35. The van der Waals surface area contributed by atoms with E-state index in [4.69, 9.17) is 38.5 Å². The van der Waals surface area contributed by atoms with E-state index in [9.17, 15) is 14.4 Å². The van der Waals surface area contributed by atoms with E-state index >= 15 is 0 Å². The molecule has 6 amide bonds. The topological polar surface area (TPSA) is 451 Å². The van der Waals surface area contributed by atoms with Crippen LogP contribution in [0, 0.1) is 0 Å². The second kappa shape index (κ2) is 18.2. The minimum atomic E-state index is -4.64. The van der Waals surface area contributed by atoms with Gasteiger partial charge in [-0.25, -0.2) is 58.6 Å². The molecule has 0 saturated heterocycles. The molecule has 0 aromatic rings. The molecule has 0 aromatic carbocycles. The summed E-state index contributed by atoms with van der Waals surface area (Å²) >= 11 is 0. The maximum Gasteiger partial charge on any atom is 0.466 e. The van der Waals surface area contributed by atoms with E-state index in [0.717, 1.165) is 0 Å². The lowest BCUT2D eigenvalue weighted by molar-refractivity contribution is 0.209. The van der Waals surface area contributed by atoms with Gasteiger partial charge in [0, 0.05) is 0 Å². The van der Waals surface area contributed by atoms with Crippen LogP contribution in [0.5, 0.6) is 0 Å². The largest absolute Gasteiger partial charge is 0.466 e. The summed E-state index contributed by atoms with van der Waals surface area (Å²) in [5.74, 6) is 27.4. The summed E-state index contributed by atoms with van der Waals surface area (Å²) < 4.78 is 17.8. The predicted molar refractivity (Wildman–Crippen MR) is 87.9 cm³/mol. The summed E-state index contributed by atoms with van der Waals surface area (Å²) in [4.78, 5) is 71.9. The maximum absolute atomic E-state index is 9.60. The fourth-order valence-corrected chi connectivity index (χ4v) is 0. The molecule has 23 nitrogen and oxygen atoms in total. The molecule has 0 radical (unpaired) electrons. The molecule has 28 heavy (non-hydrogen) atoms. The first-order valence-corrected chi connectivity index (χ1v) is 8.39. The Morgan fingerprint density at radius 3 is 0.536 bits per heavy atom. The number of carbonyl (C=O) groups is 3. The maximum atomic E-state index is 9.60. The van der Waals surface area contributed by atoms with Crippen LogP contribution in [0.1, 0.15) is 0 Å². The number of hydrogen-bond donors (Lipinski definition) is 15. The fourth-order valence-electron chi connectivity index (χ4n) is 0. The number of phosphoric acid groups is 2. The molecule has 0 aliphatic rings. The molecular weight excluding hydrogens is 442 g/mol. The van der Waals surface area contributed by atoms with E-state index < -0.39 is 33.7 Å².